The second-order valence-corrected chi connectivity index (χ2v) is 5.55. The topological polar surface area (TPSA) is 47.7 Å². The lowest BCUT2D eigenvalue weighted by molar-refractivity contribution is 0.394. The van der Waals surface area contributed by atoms with Crippen LogP contribution in [0.2, 0.25) is 0 Å². The molecule has 0 aromatic heterocycles. The Morgan fingerprint density at radius 1 is 1.21 bits per heavy atom. The van der Waals surface area contributed by atoms with E-state index in [0.717, 1.165) is 36.6 Å². The van der Waals surface area contributed by atoms with E-state index in [2.05, 4.69) is 25.8 Å². The molecule has 0 heterocycles. The Kier molecular flexibility index (Phi) is 5.48. The van der Waals surface area contributed by atoms with Gasteiger partial charge in [0.25, 0.3) is 0 Å². The zero-order valence-corrected chi connectivity index (χ0v) is 12.7. The van der Waals surface area contributed by atoms with E-state index >= 15 is 0 Å². The molecule has 0 aliphatic carbocycles. The van der Waals surface area contributed by atoms with Gasteiger partial charge in [-0.1, -0.05) is 0 Å². The molecule has 0 amide bonds. The molecule has 1 rings (SSSR count). The average molecular weight is 266 g/mol. The van der Waals surface area contributed by atoms with Gasteiger partial charge in [-0.3, -0.25) is 0 Å². The Morgan fingerprint density at radius 2 is 1.89 bits per heavy atom. The van der Waals surface area contributed by atoms with Crippen molar-refractivity contribution in [3.05, 3.63) is 18.2 Å². The van der Waals surface area contributed by atoms with Gasteiger partial charge in [-0.15, -0.1) is 0 Å². The largest absolute Gasteiger partial charge is 0.497 e. The van der Waals surface area contributed by atoms with E-state index in [1.54, 1.807) is 14.2 Å². The SMILES string of the molecule is COc1ccc(N(C)CCCC(C)(C)N)c(OC)c1. The van der Waals surface area contributed by atoms with Crippen molar-refractivity contribution in [2.75, 3.05) is 32.7 Å². The quantitative estimate of drug-likeness (QED) is 0.824. The Labute approximate surface area is 116 Å². The van der Waals surface area contributed by atoms with Crippen LogP contribution in [0, 0.1) is 0 Å². The van der Waals surface area contributed by atoms with Crippen LogP contribution in [0.15, 0.2) is 18.2 Å². The Hall–Kier alpha value is -1.42. The van der Waals surface area contributed by atoms with Gasteiger partial charge < -0.3 is 20.1 Å². The fraction of sp³-hybridized carbons (Fsp3) is 0.600. The summed E-state index contributed by atoms with van der Waals surface area (Å²) in [6, 6.07) is 5.87. The normalized spacial score (nSPS) is 11.3. The number of hydrogen-bond acceptors (Lipinski definition) is 4. The number of ether oxygens (including phenoxy) is 2. The first-order valence-corrected chi connectivity index (χ1v) is 6.59. The molecule has 2 N–H and O–H groups in total. The third-order valence-electron chi connectivity index (χ3n) is 3.11. The first kappa shape index (κ1) is 15.6. The van der Waals surface area contributed by atoms with Crippen LogP contribution in [0.4, 0.5) is 5.69 Å². The van der Waals surface area contributed by atoms with Crippen LogP contribution < -0.4 is 20.1 Å². The lowest BCUT2D eigenvalue weighted by Crippen LogP contribution is -2.33. The number of rotatable bonds is 7. The van der Waals surface area contributed by atoms with Gasteiger partial charge in [0.1, 0.15) is 11.5 Å². The molecule has 0 saturated heterocycles. The molecular weight excluding hydrogens is 240 g/mol. The van der Waals surface area contributed by atoms with Crippen molar-refractivity contribution in [1.82, 2.24) is 0 Å². The smallest absolute Gasteiger partial charge is 0.145 e. The van der Waals surface area contributed by atoms with E-state index in [1.165, 1.54) is 0 Å². The highest BCUT2D eigenvalue weighted by Gasteiger charge is 2.13. The molecule has 1 aromatic rings. The van der Waals surface area contributed by atoms with E-state index in [0.29, 0.717) is 0 Å². The second-order valence-electron chi connectivity index (χ2n) is 5.55. The molecule has 0 saturated carbocycles. The molecule has 0 radical (unpaired) electrons. The average Bonchev–Trinajstić information content (AvgIpc) is 2.36. The summed E-state index contributed by atoms with van der Waals surface area (Å²) in [6.45, 7) is 5.06. The van der Waals surface area contributed by atoms with Gasteiger partial charge in [0.05, 0.1) is 19.9 Å². The van der Waals surface area contributed by atoms with Gasteiger partial charge in [-0.2, -0.15) is 0 Å². The number of anilines is 1. The first-order valence-electron chi connectivity index (χ1n) is 6.59. The van der Waals surface area contributed by atoms with Crippen LogP contribution in [-0.4, -0.2) is 33.4 Å². The van der Waals surface area contributed by atoms with Crippen molar-refractivity contribution in [3.63, 3.8) is 0 Å². The van der Waals surface area contributed by atoms with Crippen molar-refractivity contribution in [2.45, 2.75) is 32.2 Å². The molecule has 0 aliphatic rings. The number of nitrogens with two attached hydrogens (primary N) is 1. The summed E-state index contributed by atoms with van der Waals surface area (Å²) in [4.78, 5) is 2.18. The summed E-state index contributed by atoms with van der Waals surface area (Å²) in [5, 5.41) is 0. The van der Waals surface area contributed by atoms with Crippen molar-refractivity contribution >= 4 is 5.69 Å². The summed E-state index contributed by atoms with van der Waals surface area (Å²) >= 11 is 0. The zero-order chi connectivity index (χ0) is 14.5. The summed E-state index contributed by atoms with van der Waals surface area (Å²) in [6.07, 6.45) is 2.05. The molecule has 4 heteroatoms. The van der Waals surface area contributed by atoms with E-state index in [-0.39, 0.29) is 5.54 Å². The van der Waals surface area contributed by atoms with Crippen LogP contribution in [0.25, 0.3) is 0 Å². The lowest BCUT2D eigenvalue weighted by atomic mass is 10.00. The highest BCUT2D eigenvalue weighted by atomic mass is 16.5. The standard InChI is InChI=1S/C15H26N2O2/c1-15(2,16)9-6-10-17(3)13-8-7-12(18-4)11-14(13)19-5/h7-8,11H,6,9-10,16H2,1-5H3. The zero-order valence-electron chi connectivity index (χ0n) is 12.7. The maximum absolute atomic E-state index is 5.99. The Morgan fingerprint density at radius 3 is 2.42 bits per heavy atom. The summed E-state index contributed by atoms with van der Waals surface area (Å²) in [7, 11) is 5.39. The van der Waals surface area contributed by atoms with Gasteiger partial charge >= 0.3 is 0 Å². The second kappa shape index (κ2) is 6.66. The summed E-state index contributed by atoms with van der Waals surface area (Å²) in [5.74, 6) is 1.63. The minimum atomic E-state index is -0.106. The fourth-order valence-electron chi connectivity index (χ4n) is 1.99. The number of methoxy groups -OCH3 is 2. The highest BCUT2D eigenvalue weighted by molar-refractivity contribution is 5.60. The van der Waals surface area contributed by atoms with Crippen molar-refractivity contribution in [1.29, 1.82) is 0 Å². The molecule has 0 fully saturated rings. The van der Waals surface area contributed by atoms with Crippen LogP contribution >= 0.6 is 0 Å². The summed E-state index contributed by atoms with van der Waals surface area (Å²) < 4.78 is 10.6. The summed E-state index contributed by atoms with van der Waals surface area (Å²) in [5.41, 5.74) is 6.96. The van der Waals surface area contributed by atoms with Crippen molar-refractivity contribution < 1.29 is 9.47 Å². The Balaban J connectivity index is 2.68. The van der Waals surface area contributed by atoms with Crippen molar-refractivity contribution in [2.24, 2.45) is 5.73 Å². The molecule has 0 spiro atoms. The molecular formula is C15H26N2O2. The van der Waals surface area contributed by atoms with Gasteiger partial charge in [-0.25, -0.2) is 0 Å². The molecule has 108 valence electrons. The third kappa shape index (κ3) is 4.99. The molecule has 0 aliphatic heterocycles. The van der Waals surface area contributed by atoms with Gasteiger partial charge in [0.15, 0.2) is 0 Å². The number of hydrogen-bond donors (Lipinski definition) is 1. The Bertz CT molecular complexity index is 400. The van der Waals surface area contributed by atoms with Crippen molar-refractivity contribution in [3.8, 4) is 11.5 Å². The maximum atomic E-state index is 5.99. The molecule has 0 unspecified atom stereocenters. The molecule has 4 nitrogen and oxygen atoms in total. The monoisotopic (exact) mass is 266 g/mol. The van der Waals surface area contributed by atoms with Gasteiger partial charge in [0, 0.05) is 25.2 Å². The van der Waals surface area contributed by atoms with Crippen LogP contribution in [0.1, 0.15) is 26.7 Å². The minimum Gasteiger partial charge on any atom is -0.497 e. The van der Waals surface area contributed by atoms with Crippen LogP contribution in [0.3, 0.4) is 0 Å². The van der Waals surface area contributed by atoms with E-state index < -0.39 is 0 Å². The predicted octanol–water partition coefficient (Wildman–Crippen LogP) is 2.66. The van der Waals surface area contributed by atoms with E-state index in [4.69, 9.17) is 15.2 Å². The lowest BCUT2D eigenvalue weighted by Gasteiger charge is -2.24. The predicted molar refractivity (Wildman–Crippen MR) is 80.3 cm³/mol. The van der Waals surface area contributed by atoms with Crippen LogP contribution in [-0.2, 0) is 0 Å². The maximum Gasteiger partial charge on any atom is 0.145 e. The van der Waals surface area contributed by atoms with Crippen LogP contribution in [0.5, 0.6) is 11.5 Å². The number of benzene rings is 1. The van der Waals surface area contributed by atoms with Gasteiger partial charge in [-0.05, 0) is 38.8 Å². The third-order valence-corrected chi connectivity index (χ3v) is 3.11. The number of nitrogens with zero attached hydrogens (tertiary/aromatic N) is 1. The van der Waals surface area contributed by atoms with E-state index in [9.17, 15) is 0 Å². The molecule has 19 heavy (non-hydrogen) atoms. The van der Waals surface area contributed by atoms with E-state index in [1.807, 2.05) is 18.2 Å². The molecule has 0 bridgehead atoms. The highest BCUT2D eigenvalue weighted by Crippen LogP contribution is 2.31. The minimum absolute atomic E-state index is 0.106. The fourth-order valence-corrected chi connectivity index (χ4v) is 1.99. The molecule has 0 atom stereocenters. The van der Waals surface area contributed by atoms with Gasteiger partial charge in [0.2, 0.25) is 0 Å². The first-order chi connectivity index (χ1) is 8.87. The molecule has 1 aromatic carbocycles.